The number of nitrogens with zero attached hydrogens (tertiary/aromatic N) is 3. The molecule has 1 fully saturated rings. The van der Waals surface area contributed by atoms with Gasteiger partial charge in [-0.15, -0.1) is 24.0 Å². The summed E-state index contributed by atoms with van der Waals surface area (Å²) in [5.74, 6) is 2.24. The first kappa shape index (κ1) is 24.5. The lowest BCUT2D eigenvalue weighted by Gasteiger charge is -2.15. The van der Waals surface area contributed by atoms with Crippen LogP contribution in [0.15, 0.2) is 41.7 Å². The number of ether oxygens (including phenoxy) is 2. The van der Waals surface area contributed by atoms with Crippen LogP contribution in [0.3, 0.4) is 0 Å². The van der Waals surface area contributed by atoms with Gasteiger partial charge in [-0.3, -0.25) is 4.68 Å². The molecule has 2 heterocycles. The van der Waals surface area contributed by atoms with Crippen molar-refractivity contribution in [1.82, 2.24) is 20.4 Å². The number of rotatable bonds is 10. The molecule has 8 heteroatoms. The van der Waals surface area contributed by atoms with Crippen LogP contribution in [-0.2, 0) is 17.8 Å². The van der Waals surface area contributed by atoms with Gasteiger partial charge in [0.25, 0.3) is 0 Å². The molecule has 2 N–H and O–H groups in total. The number of aromatic nitrogens is 2. The monoisotopic (exact) mass is 527 g/mol. The largest absolute Gasteiger partial charge is 0.493 e. The highest BCUT2D eigenvalue weighted by atomic mass is 127. The van der Waals surface area contributed by atoms with E-state index < -0.39 is 0 Å². The number of benzene rings is 1. The molecule has 1 aromatic carbocycles. The van der Waals surface area contributed by atoms with Crippen LogP contribution in [0.25, 0.3) is 0 Å². The van der Waals surface area contributed by atoms with Gasteiger partial charge in [-0.1, -0.05) is 12.1 Å². The molecule has 1 aromatic heterocycles. The van der Waals surface area contributed by atoms with E-state index in [1.54, 1.807) is 6.20 Å². The molecule has 1 aliphatic rings. The van der Waals surface area contributed by atoms with E-state index in [0.29, 0.717) is 19.1 Å². The van der Waals surface area contributed by atoms with Crippen molar-refractivity contribution < 1.29 is 9.47 Å². The quantitative estimate of drug-likeness (QED) is 0.215. The number of hydrogen-bond acceptors (Lipinski definition) is 4. The van der Waals surface area contributed by atoms with Crippen LogP contribution in [0.5, 0.6) is 5.75 Å². The van der Waals surface area contributed by atoms with Crippen LogP contribution < -0.4 is 15.4 Å². The van der Waals surface area contributed by atoms with Crippen molar-refractivity contribution in [3.8, 4) is 5.75 Å². The zero-order chi connectivity index (χ0) is 20.3. The molecule has 1 aliphatic heterocycles. The third-order valence-electron chi connectivity index (χ3n) is 4.89. The molecule has 0 spiro atoms. The van der Waals surface area contributed by atoms with E-state index in [1.165, 1.54) is 5.56 Å². The minimum Gasteiger partial charge on any atom is -0.493 e. The summed E-state index contributed by atoms with van der Waals surface area (Å²) >= 11 is 0. The maximum atomic E-state index is 6.13. The molecule has 0 amide bonds. The lowest BCUT2D eigenvalue weighted by molar-refractivity contribution is 0.166. The second-order valence-electron chi connectivity index (χ2n) is 7.40. The Kier molecular flexibility index (Phi) is 11.0. The Hall–Kier alpha value is -1.81. The molecule has 0 radical (unpaired) electrons. The Labute approximate surface area is 196 Å². The van der Waals surface area contributed by atoms with Crippen molar-refractivity contribution >= 4 is 29.9 Å². The minimum absolute atomic E-state index is 0. The van der Waals surface area contributed by atoms with Crippen molar-refractivity contribution in [1.29, 1.82) is 0 Å². The fourth-order valence-electron chi connectivity index (χ4n) is 3.24. The van der Waals surface area contributed by atoms with Crippen molar-refractivity contribution in [3.63, 3.8) is 0 Å². The predicted octanol–water partition coefficient (Wildman–Crippen LogP) is 3.37. The van der Waals surface area contributed by atoms with Crippen molar-refractivity contribution in [2.75, 3.05) is 32.9 Å². The molecular formula is C22H34IN5O2. The number of halogens is 1. The minimum atomic E-state index is 0. The average molecular weight is 527 g/mol. The summed E-state index contributed by atoms with van der Waals surface area (Å²) in [7, 11) is 0. The summed E-state index contributed by atoms with van der Waals surface area (Å²) in [5, 5.41) is 10.9. The molecule has 3 rings (SSSR count). The lowest BCUT2D eigenvalue weighted by Crippen LogP contribution is -2.38. The van der Waals surface area contributed by atoms with E-state index in [-0.39, 0.29) is 24.0 Å². The van der Waals surface area contributed by atoms with Gasteiger partial charge in [-0.05, 0) is 44.4 Å². The SMILES string of the molecule is CCNC(=NCc1ccc(C)cc1OCC1CCOC1)NCCCn1cccn1.I. The maximum Gasteiger partial charge on any atom is 0.191 e. The lowest BCUT2D eigenvalue weighted by atomic mass is 10.1. The maximum absolute atomic E-state index is 6.13. The van der Waals surface area contributed by atoms with E-state index in [4.69, 9.17) is 14.5 Å². The second-order valence-corrected chi connectivity index (χ2v) is 7.40. The van der Waals surface area contributed by atoms with E-state index in [0.717, 1.165) is 63.0 Å². The summed E-state index contributed by atoms with van der Waals surface area (Å²) in [4.78, 5) is 4.76. The highest BCUT2D eigenvalue weighted by molar-refractivity contribution is 14.0. The summed E-state index contributed by atoms with van der Waals surface area (Å²) in [5.41, 5.74) is 2.29. The van der Waals surface area contributed by atoms with Crippen LogP contribution >= 0.6 is 24.0 Å². The molecule has 166 valence electrons. The molecule has 1 saturated heterocycles. The summed E-state index contributed by atoms with van der Waals surface area (Å²) in [6.07, 6.45) is 5.84. The van der Waals surface area contributed by atoms with Crippen LogP contribution in [-0.4, -0.2) is 48.7 Å². The predicted molar refractivity (Wildman–Crippen MR) is 131 cm³/mol. The third-order valence-corrected chi connectivity index (χ3v) is 4.89. The third kappa shape index (κ3) is 8.14. The Balaban J connectivity index is 0.00000320. The van der Waals surface area contributed by atoms with Gasteiger partial charge >= 0.3 is 0 Å². The Bertz CT molecular complexity index is 761. The smallest absolute Gasteiger partial charge is 0.191 e. The Morgan fingerprint density at radius 3 is 3.00 bits per heavy atom. The van der Waals surface area contributed by atoms with Gasteiger partial charge in [0, 0.05) is 50.1 Å². The van der Waals surface area contributed by atoms with Gasteiger partial charge in [-0.2, -0.15) is 5.10 Å². The van der Waals surface area contributed by atoms with Gasteiger partial charge < -0.3 is 20.1 Å². The van der Waals surface area contributed by atoms with Crippen LogP contribution in [0, 0.1) is 12.8 Å². The summed E-state index contributed by atoms with van der Waals surface area (Å²) in [6.45, 7) is 9.63. The van der Waals surface area contributed by atoms with E-state index in [1.807, 2.05) is 16.9 Å². The Morgan fingerprint density at radius 1 is 1.37 bits per heavy atom. The van der Waals surface area contributed by atoms with Gasteiger partial charge in [0.2, 0.25) is 0 Å². The molecule has 0 saturated carbocycles. The van der Waals surface area contributed by atoms with Gasteiger partial charge in [-0.25, -0.2) is 4.99 Å². The topological polar surface area (TPSA) is 72.7 Å². The Morgan fingerprint density at radius 2 is 2.27 bits per heavy atom. The van der Waals surface area contributed by atoms with E-state index in [2.05, 4.69) is 47.8 Å². The van der Waals surface area contributed by atoms with E-state index in [9.17, 15) is 0 Å². The number of aryl methyl sites for hydroxylation is 2. The van der Waals surface area contributed by atoms with E-state index >= 15 is 0 Å². The number of aliphatic imine (C=N–C) groups is 1. The second kappa shape index (κ2) is 13.5. The van der Waals surface area contributed by atoms with Crippen LogP contribution in [0.1, 0.15) is 30.9 Å². The number of hydrogen-bond donors (Lipinski definition) is 2. The molecule has 2 aromatic rings. The van der Waals surface area contributed by atoms with Gasteiger partial charge in [0.05, 0.1) is 19.8 Å². The highest BCUT2D eigenvalue weighted by Gasteiger charge is 2.17. The molecule has 1 unspecified atom stereocenters. The normalized spacial score (nSPS) is 16.2. The summed E-state index contributed by atoms with van der Waals surface area (Å²) in [6, 6.07) is 8.27. The zero-order valence-electron chi connectivity index (χ0n) is 18.0. The number of guanidine groups is 1. The molecule has 30 heavy (non-hydrogen) atoms. The molecule has 0 bridgehead atoms. The van der Waals surface area contributed by atoms with Crippen molar-refractivity contribution in [3.05, 3.63) is 47.8 Å². The zero-order valence-corrected chi connectivity index (χ0v) is 20.3. The first-order valence-electron chi connectivity index (χ1n) is 10.5. The number of nitrogens with one attached hydrogen (secondary N) is 2. The van der Waals surface area contributed by atoms with Crippen LogP contribution in [0.2, 0.25) is 0 Å². The van der Waals surface area contributed by atoms with Gasteiger partial charge in [0.15, 0.2) is 5.96 Å². The fourth-order valence-corrected chi connectivity index (χ4v) is 3.24. The fraction of sp³-hybridized carbons (Fsp3) is 0.545. The first-order valence-corrected chi connectivity index (χ1v) is 10.5. The average Bonchev–Trinajstić information content (AvgIpc) is 3.42. The first-order chi connectivity index (χ1) is 14.2. The summed E-state index contributed by atoms with van der Waals surface area (Å²) < 4.78 is 13.5. The van der Waals surface area contributed by atoms with Gasteiger partial charge in [0.1, 0.15) is 5.75 Å². The van der Waals surface area contributed by atoms with Crippen molar-refractivity contribution in [2.45, 2.75) is 39.8 Å². The molecular weight excluding hydrogens is 493 g/mol. The molecule has 1 atom stereocenters. The van der Waals surface area contributed by atoms with Crippen molar-refractivity contribution in [2.24, 2.45) is 10.9 Å². The molecule has 0 aliphatic carbocycles. The highest BCUT2D eigenvalue weighted by Crippen LogP contribution is 2.23. The molecule has 7 nitrogen and oxygen atoms in total. The standard InChI is InChI=1S/C22H33N5O2.HI/c1-3-23-22(24-9-4-11-27-12-5-10-26-27)25-15-20-7-6-18(2)14-21(20)29-17-19-8-13-28-16-19;/h5-7,10,12,14,19H,3-4,8-9,11,13,15-17H2,1-2H3,(H2,23,24,25);1H. The van der Waals surface area contributed by atoms with Crippen LogP contribution in [0.4, 0.5) is 0 Å².